The van der Waals surface area contributed by atoms with E-state index >= 15 is 0 Å². The lowest BCUT2D eigenvalue weighted by molar-refractivity contribution is -0.143. The van der Waals surface area contributed by atoms with Crippen molar-refractivity contribution in [2.75, 3.05) is 19.7 Å². The molecule has 0 bridgehead atoms. The molecule has 6 heteroatoms. The van der Waals surface area contributed by atoms with Crippen molar-refractivity contribution in [3.63, 3.8) is 0 Å². The number of aliphatic carboxylic acids is 1. The molecule has 1 rings (SSSR count). The van der Waals surface area contributed by atoms with Crippen LogP contribution < -0.4 is 0 Å². The molecule has 6 nitrogen and oxygen atoms in total. The molecule has 1 saturated heterocycles. The zero-order chi connectivity index (χ0) is 16.0. The number of aliphatic hydroxyl groups is 1. The van der Waals surface area contributed by atoms with Gasteiger partial charge in [0.1, 0.15) is 0 Å². The molecule has 2 N–H and O–H groups in total. The molecule has 0 aromatic rings. The van der Waals surface area contributed by atoms with E-state index in [1.807, 2.05) is 20.8 Å². The number of amides is 2. The van der Waals surface area contributed by atoms with Crippen molar-refractivity contribution in [2.45, 2.75) is 58.5 Å². The molecule has 0 saturated carbocycles. The van der Waals surface area contributed by atoms with Crippen molar-refractivity contribution in [1.82, 2.24) is 9.80 Å². The van der Waals surface area contributed by atoms with Gasteiger partial charge in [-0.3, -0.25) is 4.79 Å². The van der Waals surface area contributed by atoms with Gasteiger partial charge in [0, 0.05) is 25.2 Å². The molecular formula is C15H28N2O4. The third-order valence-corrected chi connectivity index (χ3v) is 4.44. The molecule has 0 aromatic heterocycles. The predicted octanol–water partition coefficient (Wildman–Crippen LogP) is 1.77. The van der Waals surface area contributed by atoms with E-state index in [1.54, 1.807) is 9.80 Å². The summed E-state index contributed by atoms with van der Waals surface area (Å²) in [5.74, 6) is -1.13. The third-order valence-electron chi connectivity index (χ3n) is 4.44. The van der Waals surface area contributed by atoms with Crippen LogP contribution in [0.1, 0.15) is 46.5 Å². The molecule has 0 aliphatic carbocycles. The largest absolute Gasteiger partial charge is 0.481 e. The summed E-state index contributed by atoms with van der Waals surface area (Å²) in [4.78, 5) is 27.3. The van der Waals surface area contributed by atoms with Gasteiger partial charge in [-0.15, -0.1) is 0 Å². The van der Waals surface area contributed by atoms with Gasteiger partial charge in [0.15, 0.2) is 0 Å². The summed E-state index contributed by atoms with van der Waals surface area (Å²) in [7, 11) is 0. The number of aliphatic hydroxyl groups excluding tert-OH is 1. The molecule has 1 aliphatic heterocycles. The smallest absolute Gasteiger partial charge is 0.320 e. The standard InChI is InChI=1S/C15H28N2O4/c1-4-13(5-2)17(8-9-18)15(21)16-7-6-12(14(19)20)10-11(16)3/h11-13,18H,4-10H2,1-3H3,(H,19,20). The zero-order valence-corrected chi connectivity index (χ0v) is 13.3. The summed E-state index contributed by atoms with van der Waals surface area (Å²) in [6.07, 6.45) is 2.70. The molecular weight excluding hydrogens is 272 g/mol. The second-order valence-electron chi connectivity index (χ2n) is 5.77. The lowest BCUT2D eigenvalue weighted by atomic mass is 9.92. The molecule has 2 amide bonds. The van der Waals surface area contributed by atoms with Gasteiger partial charge >= 0.3 is 12.0 Å². The number of rotatable bonds is 6. The number of urea groups is 1. The Bertz CT molecular complexity index is 358. The first-order valence-corrected chi connectivity index (χ1v) is 7.87. The van der Waals surface area contributed by atoms with E-state index in [-0.39, 0.29) is 30.6 Å². The van der Waals surface area contributed by atoms with Gasteiger partial charge in [0.05, 0.1) is 12.5 Å². The molecule has 0 radical (unpaired) electrons. The summed E-state index contributed by atoms with van der Waals surface area (Å²) in [6, 6.07) is -0.0361. The highest BCUT2D eigenvalue weighted by atomic mass is 16.4. The van der Waals surface area contributed by atoms with Crippen molar-refractivity contribution in [3.05, 3.63) is 0 Å². The van der Waals surface area contributed by atoms with Crippen LogP contribution in [-0.4, -0.2) is 63.8 Å². The summed E-state index contributed by atoms with van der Waals surface area (Å²) in [5.41, 5.74) is 0. The second kappa shape index (κ2) is 8.22. The van der Waals surface area contributed by atoms with Gasteiger partial charge in [-0.1, -0.05) is 13.8 Å². The molecule has 0 spiro atoms. The molecule has 1 fully saturated rings. The topological polar surface area (TPSA) is 81.1 Å². The molecule has 2 unspecified atom stereocenters. The Balaban J connectivity index is 2.77. The van der Waals surface area contributed by atoms with Gasteiger partial charge < -0.3 is 20.0 Å². The molecule has 1 aliphatic rings. The lowest BCUT2D eigenvalue weighted by Crippen LogP contribution is -2.54. The molecule has 21 heavy (non-hydrogen) atoms. The van der Waals surface area contributed by atoms with E-state index in [0.29, 0.717) is 25.9 Å². The molecule has 0 aromatic carbocycles. The van der Waals surface area contributed by atoms with Gasteiger partial charge in [0.25, 0.3) is 0 Å². The fourth-order valence-corrected chi connectivity index (χ4v) is 3.12. The van der Waals surface area contributed by atoms with Gasteiger partial charge in [-0.05, 0) is 32.6 Å². The van der Waals surface area contributed by atoms with E-state index in [1.165, 1.54) is 0 Å². The van der Waals surface area contributed by atoms with Crippen molar-refractivity contribution in [1.29, 1.82) is 0 Å². The van der Waals surface area contributed by atoms with Crippen LogP contribution in [0.5, 0.6) is 0 Å². The van der Waals surface area contributed by atoms with Crippen LogP contribution in [0.25, 0.3) is 0 Å². The monoisotopic (exact) mass is 300 g/mol. The van der Waals surface area contributed by atoms with Gasteiger partial charge in [0.2, 0.25) is 0 Å². The highest BCUT2D eigenvalue weighted by Gasteiger charge is 2.35. The van der Waals surface area contributed by atoms with Crippen LogP contribution in [0.15, 0.2) is 0 Å². The minimum atomic E-state index is -0.777. The number of likely N-dealkylation sites (tertiary alicyclic amines) is 1. The Kier molecular flexibility index (Phi) is 6.95. The molecule has 2 atom stereocenters. The van der Waals surface area contributed by atoms with E-state index < -0.39 is 5.97 Å². The maximum absolute atomic E-state index is 12.7. The van der Waals surface area contributed by atoms with Crippen molar-refractivity contribution in [3.8, 4) is 0 Å². The summed E-state index contributed by atoms with van der Waals surface area (Å²) < 4.78 is 0. The average molecular weight is 300 g/mol. The number of carbonyl (C=O) groups is 2. The fourth-order valence-electron chi connectivity index (χ4n) is 3.12. The van der Waals surface area contributed by atoms with Gasteiger partial charge in [-0.2, -0.15) is 0 Å². The minimum absolute atomic E-state index is 0.0534. The summed E-state index contributed by atoms with van der Waals surface area (Å²) in [5, 5.41) is 18.3. The predicted molar refractivity (Wildman–Crippen MR) is 80.1 cm³/mol. The minimum Gasteiger partial charge on any atom is -0.481 e. The van der Waals surface area contributed by atoms with Crippen LogP contribution in [0, 0.1) is 5.92 Å². The van der Waals surface area contributed by atoms with E-state index in [2.05, 4.69) is 0 Å². The van der Waals surface area contributed by atoms with Crippen molar-refractivity contribution in [2.24, 2.45) is 5.92 Å². The highest BCUT2D eigenvalue weighted by Crippen LogP contribution is 2.25. The number of nitrogens with zero attached hydrogens (tertiary/aromatic N) is 2. The summed E-state index contributed by atoms with van der Waals surface area (Å²) >= 11 is 0. The highest BCUT2D eigenvalue weighted by molar-refractivity contribution is 5.76. The Labute approximate surface area is 126 Å². The van der Waals surface area contributed by atoms with Crippen LogP contribution >= 0.6 is 0 Å². The Hall–Kier alpha value is -1.30. The van der Waals surface area contributed by atoms with E-state index in [0.717, 1.165) is 12.8 Å². The molecule has 122 valence electrons. The Morgan fingerprint density at radius 1 is 1.33 bits per heavy atom. The number of carbonyl (C=O) groups excluding carboxylic acids is 1. The Morgan fingerprint density at radius 2 is 1.95 bits per heavy atom. The number of hydrogen-bond acceptors (Lipinski definition) is 3. The third kappa shape index (κ3) is 4.33. The lowest BCUT2D eigenvalue weighted by Gasteiger charge is -2.41. The number of carboxylic acid groups (broad SMARTS) is 1. The van der Waals surface area contributed by atoms with Crippen LogP contribution in [0.4, 0.5) is 4.79 Å². The van der Waals surface area contributed by atoms with Crippen molar-refractivity contribution < 1.29 is 19.8 Å². The first-order chi connectivity index (χ1) is 9.96. The number of carboxylic acids is 1. The number of hydrogen-bond donors (Lipinski definition) is 2. The van der Waals surface area contributed by atoms with Crippen LogP contribution in [0.3, 0.4) is 0 Å². The first kappa shape index (κ1) is 17.8. The SMILES string of the molecule is CCC(CC)N(CCO)C(=O)N1CCC(C(=O)O)CC1C. The first-order valence-electron chi connectivity index (χ1n) is 7.87. The quantitative estimate of drug-likeness (QED) is 0.783. The second-order valence-corrected chi connectivity index (χ2v) is 5.77. The van der Waals surface area contributed by atoms with Gasteiger partial charge in [-0.25, -0.2) is 4.79 Å². The van der Waals surface area contributed by atoms with E-state index in [4.69, 9.17) is 5.11 Å². The van der Waals surface area contributed by atoms with E-state index in [9.17, 15) is 14.7 Å². The summed E-state index contributed by atoms with van der Waals surface area (Å²) in [6.45, 7) is 6.72. The Morgan fingerprint density at radius 3 is 2.38 bits per heavy atom. The van der Waals surface area contributed by atoms with Crippen molar-refractivity contribution >= 4 is 12.0 Å². The van der Waals surface area contributed by atoms with Crippen LogP contribution in [-0.2, 0) is 4.79 Å². The van der Waals surface area contributed by atoms with Crippen LogP contribution in [0.2, 0.25) is 0 Å². The number of piperidine rings is 1. The maximum Gasteiger partial charge on any atom is 0.320 e. The zero-order valence-electron chi connectivity index (χ0n) is 13.3. The normalized spacial score (nSPS) is 22.4. The molecule has 1 heterocycles. The maximum atomic E-state index is 12.7. The average Bonchev–Trinajstić information content (AvgIpc) is 2.46. The fraction of sp³-hybridized carbons (Fsp3) is 0.867.